The molecular formula is C15H13BrN2O3. The first-order valence-electron chi connectivity index (χ1n) is 6.26. The molecule has 0 spiro atoms. The van der Waals surface area contributed by atoms with Crippen LogP contribution in [-0.2, 0) is 11.2 Å². The van der Waals surface area contributed by atoms with Crippen molar-refractivity contribution in [2.24, 2.45) is 0 Å². The van der Waals surface area contributed by atoms with Crippen LogP contribution in [0.3, 0.4) is 0 Å². The zero-order valence-corrected chi connectivity index (χ0v) is 12.6. The Morgan fingerprint density at radius 2 is 1.90 bits per heavy atom. The van der Waals surface area contributed by atoms with Crippen LogP contribution in [0.1, 0.15) is 15.9 Å². The molecule has 0 saturated heterocycles. The maximum absolute atomic E-state index is 12.0. The summed E-state index contributed by atoms with van der Waals surface area (Å²) < 4.78 is 0.574. The molecule has 0 bridgehead atoms. The van der Waals surface area contributed by atoms with Crippen molar-refractivity contribution in [1.29, 1.82) is 0 Å². The summed E-state index contributed by atoms with van der Waals surface area (Å²) in [5.74, 6) is -1.50. The highest BCUT2D eigenvalue weighted by atomic mass is 79.9. The summed E-state index contributed by atoms with van der Waals surface area (Å²) in [7, 11) is 0. The summed E-state index contributed by atoms with van der Waals surface area (Å²) >= 11 is 3.27. The first-order chi connectivity index (χ1) is 10.1. The molecule has 21 heavy (non-hydrogen) atoms. The van der Waals surface area contributed by atoms with Gasteiger partial charge in [-0.25, -0.2) is 9.78 Å². The molecule has 5 nitrogen and oxygen atoms in total. The largest absolute Gasteiger partial charge is 0.480 e. The van der Waals surface area contributed by atoms with Crippen molar-refractivity contribution in [1.82, 2.24) is 10.3 Å². The number of nitrogens with zero attached hydrogens (tertiary/aromatic N) is 1. The molecule has 1 atom stereocenters. The van der Waals surface area contributed by atoms with Crippen LogP contribution < -0.4 is 5.32 Å². The third-order valence-electron chi connectivity index (χ3n) is 2.90. The second-order valence-electron chi connectivity index (χ2n) is 4.39. The van der Waals surface area contributed by atoms with Crippen molar-refractivity contribution < 1.29 is 14.7 Å². The topological polar surface area (TPSA) is 79.3 Å². The second-order valence-corrected chi connectivity index (χ2v) is 5.14. The fourth-order valence-electron chi connectivity index (χ4n) is 1.82. The van der Waals surface area contributed by atoms with E-state index >= 15 is 0 Å². The molecule has 1 amide bonds. The zero-order chi connectivity index (χ0) is 15.2. The quantitative estimate of drug-likeness (QED) is 0.812. The van der Waals surface area contributed by atoms with Gasteiger partial charge < -0.3 is 10.4 Å². The lowest BCUT2D eigenvalue weighted by atomic mass is 10.1. The number of hydrogen-bond acceptors (Lipinski definition) is 3. The number of carboxylic acid groups (broad SMARTS) is 1. The minimum absolute atomic E-state index is 0.155. The zero-order valence-electron chi connectivity index (χ0n) is 11.0. The third kappa shape index (κ3) is 4.13. The van der Waals surface area contributed by atoms with Crippen LogP contribution in [0.25, 0.3) is 0 Å². The molecule has 0 saturated carbocycles. The van der Waals surface area contributed by atoms with Gasteiger partial charge in [0.15, 0.2) is 0 Å². The van der Waals surface area contributed by atoms with Crippen molar-refractivity contribution in [3.8, 4) is 0 Å². The van der Waals surface area contributed by atoms with Gasteiger partial charge in [0.2, 0.25) is 0 Å². The first kappa shape index (κ1) is 15.2. The highest BCUT2D eigenvalue weighted by molar-refractivity contribution is 9.10. The van der Waals surface area contributed by atoms with E-state index in [1.807, 2.05) is 0 Å². The summed E-state index contributed by atoms with van der Waals surface area (Å²) in [5.41, 5.74) is 1.15. The molecule has 1 aromatic carbocycles. The van der Waals surface area contributed by atoms with E-state index in [2.05, 4.69) is 26.2 Å². The molecule has 6 heteroatoms. The monoisotopic (exact) mass is 348 g/mol. The lowest BCUT2D eigenvalue weighted by Crippen LogP contribution is -2.42. The van der Waals surface area contributed by atoms with Crippen LogP contribution in [0.2, 0.25) is 0 Å². The molecule has 2 rings (SSSR count). The molecule has 0 aliphatic rings. The van der Waals surface area contributed by atoms with Gasteiger partial charge in [-0.3, -0.25) is 4.79 Å². The molecule has 0 radical (unpaired) electrons. The predicted molar refractivity (Wildman–Crippen MR) is 81.0 cm³/mol. The molecule has 0 unspecified atom stereocenters. The predicted octanol–water partition coefficient (Wildman–Crippen LogP) is 2.27. The Hall–Kier alpha value is -2.21. The first-order valence-corrected chi connectivity index (χ1v) is 7.05. The van der Waals surface area contributed by atoms with Gasteiger partial charge in [-0.05, 0) is 39.7 Å². The van der Waals surface area contributed by atoms with Crippen molar-refractivity contribution in [2.75, 3.05) is 0 Å². The lowest BCUT2D eigenvalue weighted by molar-refractivity contribution is -0.139. The van der Waals surface area contributed by atoms with Crippen LogP contribution in [0.4, 0.5) is 0 Å². The van der Waals surface area contributed by atoms with Gasteiger partial charge >= 0.3 is 5.97 Å². The highest BCUT2D eigenvalue weighted by Crippen LogP contribution is 2.15. The van der Waals surface area contributed by atoms with Crippen molar-refractivity contribution in [2.45, 2.75) is 12.5 Å². The van der Waals surface area contributed by atoms with Gasteiger partial charge in [-0.1, -0.05) is 24.3 Å². The van der Waals surface area contributed by atoms with Crippen LogP contribution in [-0.4, -0.2) is 28.0 Å². The maximum atomic E-state index is 12.0. The number of amides is 1. The SMILES string of the molecule is O=C(N[C@H](Cc1cccnc1Br)C(=O)O)c1ccccc1. The molecule has 0 fully saturated rings. The Labute approximate surface area is 130 Å². The number of hydrogen-bond donors (Lipinski definition) is 2. The second kappa shape index (κ2) is 6.99. The fourth-order valence-corrected chi connectivity index (χ4v) is 2.23. The summed E-state index contributed by atoms with van der Waals surface area (Å²) in [5, 5.41) is 11.8. The molecule has 0 aliphatic heterocycles. The normalized spacial score (nSPS) is 11.7. The molecule has 0 aliphatic carbocycles. The van der Waals surface area contributed by atoms with Gasteiger partial charge in [-0.15, -0.1) is 0 Å². The Morgan fingerprint density at radius 1 is 1.19 bits per heavy atom. The minimum atomic E-state index is -1.09. The number of carbonyl (C=O) groups excluding carboxylic acids is 1. The van der Waals surface area contributed by atoms with Gasteiger partial charge in [-0.2, -0.15) is 0 Å². The summed E-state index contributed by atoms with van der Waals surface area (Å²) in [6.45, 7) is 0. The Bertz CT molecular complexity index is 646. The third-order valence-corrected chi connectivity index (χ3v) is 3.61. The number of benzene rings is 1. The summed E-state index contributed by atoms with van der Waals surface area (Å²) in [6, 6.07) is 11.0. The Morgan fingerprint density at radius 3 is 2.52 bits per heavy atom. The van der Waals surface area contributed by atoms with E-state index in [1.54, 1.807) is 48.7 Å². The molecule has 1 heterocycles. The van der Waals surface area contributed by atoms with E-state index in [4.69, 9.17) is 0 Å². The lowest BCUT2D eigenvalue weighted by Gasteiger charge is -2.15. The molecule has 2 N–H and O–H groups in total. The smallest absolute Gasteiger partial charge is 0.326 e. The number of carbonyl (C=O) groups is 2. The molecule has 2 aromatic rings. The number of aliphatic carboxylic acids is 1. The standard InChI is InChI=1S/C15H13BrN2O3/c16-13-11(7-4-8-17-13)9-12(15(20)21)18-14(19)10-5-2-1-3-6-10/h1-8,12H,9H2,(H,18,19)(H,20,21)/t12-/m1/s1. The van der Waals surface area contributed by atoms with E-state index in [9.17, 15) is 14.7 Å². The van der Waals surface area contributed by atoms with Crippen LogP contribution >= 0.6 is 15.9 Å². The number of carboxylic acids is 1. The number of rotatable bonds is 5. The van der Waals surface area contributed by atoms with E-state index in [0.717, 1.165) is 5.56 Å². The van der Waals surface area contributed by atoms with E-state index in [1.165, 1.54) is 0 Å². The number of halogens is 1. The number of nitrogens with one attached hydrogen (secondary N) is 1. The number of aromatic nitrogens is 1. The number of pyridine rings is 1. The van der Waals surface area contributed by atoms with Crippen molar-refractivity contribution >= 4 is 27.8 Å². The highest BCUT2D eigenvalue weighted by Gasteiger charge is 2.22. The molecular weight excluding hydrogens is 336 g/mol. The van der Waals surface area contributed by atoms with Crippen LogP contribution in [0.15, 0.2) is 53.3 Å². The average molecular weight is 349 g/mol. The Kier molecular flexibility index (Phi) is 5.05. The van der Waals surface area contributed by atoms with Gasteiger partial charge in [0.1, 0.15) is 10.6 Å². The van der Waals surface area contributed by atoms with Crippen LogP contribution in [0.5, 0.6) is 0 Å². The summed E-state index contributed by atoms with van der Waals surface area (Å²) in [6.07, 6.45) is 1.76. The van der Waals surface area contributed by atoms with Gasteiger partial charge in [0.05, 0.1) is 0 Å². The average Bonchev–Trinajstić information content (AvgIpc) is 2.49. The Balaban J connectivity index is 2.12. The molecule has 1 aromatic heterocycles. The minimum Gasteiger partial charge on any atom is -0.480 e. The molecule has 108 valence electrons. The van der Waals surface area contributed by atoms with E-state index in [-0.39, 0.29) is 6.42 Å². The van der Waals surface area contributed by atoms with Crippen LogP contribution in [0, 0.1) is 0 Å². The van der Waals surface area contributed by atoms with Gasteiger partial charge in [0.25, 0.3) is 5.91 Å². The fraction of sp³-hybridized carbons (Fsp3) is 0.133. The van der Waals surface area contributed by atoms with E-state index in [0.29, 0.717) is 10.2 Å². The maximum Gasteiger partial charge on any atom is 0.326 e. The van der Waals surface area contributed by atoms with Crippen molar-refractivity contribution in [3.63, 3.8) is 0 Å². The van der Waals surface area contributed by atoms with Gasteiger partial charge in [0, 0.05) is 18.2 Å². The van der Waals surface area contributed by atoms with E-state index < -0.39 is 17.9 Å². The summed E-state index contributed by atoms with van der Waals surface area (Å²) in [4.78, 5) is 27.4. The van der Waals surface area contributed by atoms with Crippen molar-refractivity contribution in [3.05, 3.63) is 64.4 Å².